The summed E-state index contributed by atoms with van der Waals surface area (Å²) in [6.45, 7) is 4.66. The summed E-state index contributed by atoms with van der Waals surface area (Å²) in [6.07, 6.45) is 5.56. The van der Waals surface area contributed by atoms with Crippen LogP contribution in [-0.4, -0.2) is 15.0 Å². The van der Waals surface area contributed by atoms with E-state index in [4.69, 9.17) is 15.0 Å². The summed E-state index contributed by atoms with van der Waals surface area (Å²) in [4.78, 5) is 15.8. The highest BCUT2D eigenvalue weighted by Gasteiger charge is 2.66. The lowest BCUT2D eigenvalue weighted by molar-refractivity contribution is 0.191. The van der Waals surface area contributed by atoms with E-state index in [1.807, 2.05) is 0 Å². The molecule has 5 atom stereocenters. The van der Waals surface area contributed by atoms with E-state index in [2.05, 4.69) is 129 Å². The zero-order valence-electron chi connectivity index (χ0n) is 27.4. The summed E-state index contributed by atoms with van der Waals surface area (Å²) in [5.41, 5.74) is 14.4. The summed E-state index contributed by atoms with van der Waals surface area (Å²) in [5, 5.41) is 0. The molecular weight excluding hydrogens is 583 g/mol. The van der Waals surface area contributed by atoms with Crippen molar-refractivity contribution < 1.29 is 0 Å². The highest BCUT2D eigenvalue weighted by atomic mass is 15.0. The van der Waals surface area contributed by atoms with Gasteiger partial charge in [-0.3, -0.25) is 0 Å². The van der Waals surface area contributed by atoms with Gasteiger partial charge < -0.3 is 0 Å². The predicted molar refractivity (Wildman–Crippen MR) is 192 cm³/mol. The molecule has 0 aliphatic heterocycles. The molecule has 5 unspecified atom stereocenters. The van der Waals surface area contributed by atoms with Crippen LogP contribution in [0, 0.1) is 23.7 Å². The Morgan fingerprint density at radius 1 is 0.500 bits per heavy atom. The highest BCUT2D eigenvalue weighted by Crippen LogP contribution is 2.73. The van der Waals surface area contributed by atoms with Crippen LogP contribution in [0.2, 0.25) is 0 Å². The number of fused-ring (bicyclic) bond motifs is 6. The first-order valence-corrected chi connectivity index (χ1v) is 17.8. The van der Waals surface area contributed by atoms with Crippen molar-refractivity contribution in [1.29, 1.82) is 0 Å². The van der Waals surface area contributed by atoms with E-state index in [1.165, 1.54) is 64.6 Å². The van der Waals surface area contributed by atoms with Crippen molar-refractivity contribution in [2.24, 2.45) is 23.7 Å². The molecule has 6 aliphatic carbocycles. The molecule has 4 saturated carbocycles. The molecule has 232 valence electrons. The predicted octanol–water partition coefficient (Wildman–Crippen LogP) is 10.5. The second kappa shape index (κ2) is 9.38. The first-order chi connectivity index (χ1) is 23.5. The van der Waals surface area contributed by atoms with Crippen LogP contribution in [0.4, 0.5) is 0 Å². The van der Waals surface area contributed by atoms with Crippen molar-refractivity contribution in [3.05, 3.63) is 138 Å². The minimum absolute atomic E-state index is 0.0448. The van der Waals surface area contributed by atoms with Gasteiger partial charge in [0.05, 0.1) is 0 Å². The normalized spacial score (nSPS) is 26.0. The van der Waals surface area contributed by atoms with Gasteiger partial charge in [-0.1, -0.05) is 123 Å². The van der Waals surface area contributed by atoms with E-state index < -0.39 is 0 Å². The van der Waals surface area contributed by atoms with Crippen molar-refractivity contribution in [3.63, 3.8) is 0 Å². The molecule has 4 fully saturated rings. The topological polar surface area (TPSA) is 38.7 Å². The third kappa shape index (κ3) is 3.37. The molecule has 0 saturated heterocycles. The van der Waals surface area contributed by atoms with Gasteiger partial charge in [-0.2, -0.15) is 0 Å². The number of aromatic nitrogens is 3. The molecule has 12 rings (SSSR count). The van der Waals surface area contributed by atoms with Gasteiger partial charge >= 0.3 is 0 Å². The van der Waals surface area contributed by atoms with Crippen molar-refractivity contribution in [2.45, 2.75) is 50.4 Å². The zero-order chi connectivity index (χ0) is 31.8. The lowest BCUT2D eigenvalue weighted by Crippen LogP contribution is -2.40. The standard InChI is InChI=1S/C45H37N3/c1-44(2)35-16-8-6-13-31(35)34-25-28(19-20-36(34)44)42-46-41(27-11-4-3-5-12-27)47-43(48-42)33-15-10-18-38-40(33)32-14-7-9-17-37(32)45(38)30-22-26-21-29(24-30)39(45)23-26/h3-20,25-26,29-30,39H,21-24H2,1-2H3. The van der Waals surface area contributed by atoms with E-state index in [1.54, 1.807) is 5.56 Å². The third-order valence-corrected chi connectivity index (χ3v) is 13.1. The van der Waals surface area contributed by atoms with Gasteiger partial charge in [-0.15, -0.1) is 0 Å². The largest absolute Gasteiger partial charge is 0.208 e. The summed E-state index contributed by atoms with van der Waals surface area (Å²) in [7, 11) is 0. The molecule has 3 nitrogen and oxygen atoms in total. The van der Waals surface area contributed by atoms with Crippen LogP contribution in [0.25, 0.3) is 56.4 Å². The lowest BCUT2D eigenvalue weighted by Gasteiger charge is -2.43. The maximum Gasteiger partial charge on any atom is 0.164 e. The molecule has 1 spiro atoms. The van der Waals surface area contributed by atoms with Crippen LogP contribution < -0.4 is 0 Å². The Bertz CT molecular complexity index is 2320. The Morgan fingerprint density at radius 2 is 1.17 bits per heavy atom. The molecule has 3 heteroatoms. The van der Waals surface area contributed by atoms with Crippen molar-refractivity contribution >= 4 is 0 Å². The second-order valence-electron chi connectivity index (χ2n) is 15.6. The quantitative estimate of drug-likeness (QED) is 0.198. The molecule has 4 bridgehead atoms. The zero-order valence-corrected chi connectivity index (χ0v) is 27.4. The van der Waals surface area contributed by atoms with Gasteiger partial charge in [0.15, 0.2) is 17.5 Å². The first-order valence-electron chi connectivity index (χ1n) is 17.8. The Balaban J connectivity index is 1.14. The monoisotopic (exact) mass is 619 g/mol. The molecule has 0 N–H and O–H groups in total. The van der Waals surface area contributed by atoms with Gasteiger partial charge in [0.1, 0.15) is 0 Å². The Morgan fingerprint density at radius 3 is 2.00 bits per heavy atom. The smallest absolute Gasteiger partial charge is 0.164 e. The Hall–Kier alpha value is -4.89. The average molecular weight is 620 g/mol. The second-order valence-corrected chi connectivity index (χ2v) is 15.6. The Labute approximate surface area is 282 Å². The van der Waals surface area contributed by atoms with Crippen LogP contribution in [0.3, 0.4) is 0 Å². The molecule has 1 aromatic heterocycles. The molecule has 0 radical (unpaired) electrons. The van der Waals surface area contributed by atoms with E-state index in [0.717, 1.165) is 52.0 Å². The first kappa shape index (κ1) is 27.1. The number of nitrogens with zero attached hydrogens (tertiary/aromatic N) is 3. The van der Waals surface area contributed by atoms with Crippen LogP contribution in [0.5, 0.6) is 0 Å². The number of benzene rings is 5. The fourth-order valence-electron chi connectivity index (χ4n) is 11.4. The maximum atomic E-state index is 5.36. The number of rotatable bonds is 3. The molecule has 6 aliphatic rings. The third-order valence-electron chi connectivity index (χ3n) is 13.1. The summed E-state index contributed by atoms with van der Waals surface area (Å²) in [5.74, 6) is 5.45. The molecular formula is C45H37N3. The van der Waals surface area contributed by atoms with Gasteiger partial charge in [0.25, 0.3) is 0 Å². The van der Waals surface area contributed by atoms with Crippen LogP contribution in [0.15, 0.2) is 115 Å². The van der Waals surface area contributed by atoms with Crippen molar-refractivity contribution in [2.75, 3.05) is 0 Å². The van der Waals surface area contributed by atoms with E-state index >= 15 is 0 Å². The van der Waals surface area contributed by atoms with Gasteiger partial charge in [-0.05, 0) is 99.9 Å². The van der Waals surface area contributed by atoms with Gasteiger partial charge in [0.2, 0.25) is 0 Å². The van der Waals surface area contributed by atoms with E-state index in [-0.39, 0.29) is 10.8 Å². The average Bonchev–Trinajstić information content (AvgIpc) is 3.76. The van der Waals surface area contributed by atoms with Gasteiger partial charge in [-0.25, -0.2) is 15.0 Å². The van der Waals surface area contributed by atoms with Crippen LogP contribution in [-0.2, 0) is 10.8 Å². The van der Waals surface area contributed by atoms with Crippen LogP contribution >= 0.6 is 0 Å². The molecule has 1 heterocycles. The molecule has 48 heavy (non-hydrogen) atoms. The molecule has 0 amide bonds. The van der Waals surface area contributed by atoms with Crippen molar-refractivity contribution in [3.8, 4) is 56.4 Å². The summed E-state index contributed by atoms with van der Waals surface area (Å²) >= 11 is 0. The lowest BCUT2D eigenvalue weighted by atomic mass is 9.59. The fourth-order valence-corrected chi connectivity index (χ4v) is 11.4. The minimum atomic E-state index is -0.0448. The van der Waals surface area contributed by atoms with Gasteiger partial charge in [0, 0.05) is 27.5 Å². The summed E-state index contributed by atoms with van der Waals surface area (Å²) < 4.78 is 0. The van der Waals surface area contributed by atoms with E-state index in [9.17, 15) is 0 Å². The number of hydrogen-bond acceptors (Lipinski definition) is 3. The minimum Gasteiger partial charge on any atom is -0.208 e. The summed E-state index contributed by atoms with van der Waals surface area (Å²) in [6, 6.07) is 42.3. The fraction of sp³-hybridized carbons (Fsp3) is 0.267. The number of hydrogen-bond donors (Lipinski definition) is 0. The SMILES string of the molecule is CC1(C)c2ccccc2-c2cc(-c3nc(-c4ccccc4)nc(-c4cccc5c4-c4ccccc4C54C5CC6CC(C5)C4C6)n3)ccc21. The highest BCUT2D eigenvalue weighted by molar-refractivity contribution is 5.92. The Kier molecular flexibility index (Phi) is 5.30. The van der Waals surface area contributed by atoms with E-state index in [0.29, 0.717) is 5.82 Å². The van der Waals surface area contributed by atoms with Crippen molar-refractivity contribution in [1.82, 2.24) is 15.0 Å². The van der Waals surface area contributed by atoms with Crippen LogP contribution in [0.1, 0.15) is 61.8 Å². The molecule has 6 aromatic rings. The molecule has 5 aromatic carbocycles. The maximum absolute atomic E-state index is 5.36.